The van der Waals surface area contributed by atoms with Crippen molar-refractivity contribution in [1.82, 2.24) is 0 Å². The van der Waals surface area contributed by atoms with Crippen LogP contribution in [0.3, 0.4) is 0 Å². The lowest BCUT2D eigenvalue weighted by Gasteiger charge is -2.05. The van der Waals surface area contributed by atoms with Crippen molar-refractivity contribution in [3.63, 3.8) is 0 Å². The number of aromatic hydroxyl groups is 1. The highest BCUT2D eigenvalue weighted by Crippen LogP contribution is 2.39. The van der Waals surface area contributed by atoms with Crippen LogP contribution in [0.2, 0.25) is 4.34 Å². The van der Waals surface area contributed by atoms with Crippen molar-refractivity contribution < 1.29 is 5.11 Å². The predicted octanol–water partition coefficient (Wildman–Crippen LogP) is 3.78. The number of benzene rings is 1. The molecule has 15 heavy (non-hydrogen) atoms. The summed E-state index contributed by atoms with van der Waals surface area (Å²) in [7, 11) is 0. The molecule has 0 aliphatic heterocycles. The summed E-state index contributed by atoms with van der Waals surface area (Å²) in [4.78, 5) is 0. The number of hydrogen-bond donors (Lipinski definition) is 2. The second-order valence-corrected chi connectivity index (χ2v) is 4.37. The average Bonchev–Trinajstić information content (AvgIpc) is 2.57. The Morgan fingerprint density at radius 3 is 2.53 bits per heavy atom. The van der Waals surface area contributed by atoms with E-state index in [-0.39, 0.29) is 18.2 Å². The van der Waals surface area contributed by atoms with Crippen molar-refractivity contribution in [3.05, 3.63) is 34.0 Å². The molecule has 1 aromatic carbocycles. The Bertz CT molecular complexity index is 470. The Labute approximate surface area is 103 Å². The van der Waals surface area contributed by atoms with Gasteiger partial charge in [0, 0.05) is 11.1 Å². The van der Waals surface area contributed by atoms with Crippen LogP contribution in [0.25, 0.3) is 11.1 Å². The number of halogens is 2. The lowest BCUT2D eigenvalue weighted by Crippen LogP contribution is -1.86. The summed E-state index contributed by atoms with van der Waals surface area (Å²) in [5.41, 5.74) is 7.45. The first-order chi connectivity index (χ1) is 6.70. The number of phenols is 1. The summed E-state index contributed by atoms with van der Waals surface area (Å²) < 4.78 is 0.658. The molecule has 0 atom stereocenters. The average molecular weight is 262 g/mol. The first kappa shape index (κ1) is 12.2. The topological polar surface area (TPSA) is 46.2 Å². The summed E-state index contributed by atoms with van der Waals surface area (Å²) >= 11 is 7.39. The number of nitrogens with two attached hydrogens (primary N) is 1. The molecular weight excluding hydrogens is 253 g/mol. The van der Waals surface area contributed by atoms with Crippen LogP contribution in [-0.2, 0) is 0 Å². The van der Waals surface area contributed by atoms with E-state index in [4.69, 9.17) is 17.3 Å². The van der Waals surface area contributed by atoms with E-state index in [9.17, 15) is 5.11 Å². The van der Waals surface area contributed by atoms with Gasteiger partial charge in [0.1, 0.15) is 10.1 Å². The van der Waals surface area contributed by atoms with Crippen LogP contribution < -0.4 is 5.73 Å². The standard InChI is InChI=1S/C10H8ClNOS.ClH/c11-10-7(4-5-14-10)6-2-1-3-8(12)9(6)13;/h1-5,13H,12H2;1H. The molecule has 5 heteroatoms. The maximum absolute atomic E-state index is 9.71. The van der Waals surface area contributed by atoms with Gasteiger partial charge in [0.2, 0.25) is 0 Å². The molecule has 2 nitrogen and oxygen atoms in total. The quantitative estimate of drug-likeness (QED) is 0.606. The minimum absolute atomic E-state index is 0. The van der Waals surface area contributed by atoms with Crippen molar-refractivity contribution in [2.24, 2.45) is 0 Å². The lowest BCUT2D eigenvalue weighted by atomic mass is 10.1. The molecule has 0 bridgehead atoms. The Hall–Kier alpha value is -0.900. The van der Waals surface area contributed by atoms with Crippen molar-refractivity contribution in [3.8, 4) is 16.9 Å². The number of hydrogen-bond acceptors (Lipinski definition) is 3. The maximum Gasteiger partial charge on any atom is 0.146 e. The molecule has 0 aliphatic rings. The predicted molar refractivity (Wildman–Crippen MR) is 68.1 cm³/mol. The van der Waals surface area contributed by atoms with Gasteiger partial charge in [0.25, 0.3) is 0 Å². The summed E-state index contributed by atoms with van der Waals surface area (Å²) in [6, 6.07) is 7.10. The molecule has 0 spiro atoms. The molecule has 2 rings (SSSR count). The van der Waals surface area contributed by atoms with E-state index >= 15 is 0 Å². The Morgan fingerprint density at radius 2 is 1.93 bits per heavy atom. The van der Waals surface area contributed by atoms with Crippen LogP contribution in [0.1, 0.15) is 0 Å². The van der Waals surface area contributed by atoms with Gasteiger partial charge in [-0.3, -0.25) is 0 Å². The SMILES string of the molecule is Cl.Nc1cccc(-c2ccsc2Cl)c1O. The third kappa shape index (κ3) is 2.20. The van der Waals surface area contributed by atoms with Gasteiger partial charge < -0.3 is 10.8 Å². The van der Waals surface area contributed by atoms with Gasteiger partial charge in [-0.25, -0.2) is 0 Å². The molecule has 0 fully saturated rings. The molecule has 3 N–H and O–H groups in total. The van der Waals surface area contributed by atoms with Crippen LogP contribution in [-0.4, -0.2) is 5.11 Å². The normalized spacial score (nSPS) is 9.67. The van der Waals surface area contributed by atoms with E-state index in [0.29, 0.717) is 15.6 Å². The van der Waals surface area contributed by atoms with Gasteiger partial charge in [0.15, 0.2) is 0 Å². The van der Waals surface area contributed by atoms with E-state index in [0.717, 1.165) is 5.56 Å². The highest BCUT2D eigenvalue weighted by Gasteiger charge is 2.10. The van der Waals surface area contributed by atoms with E-state index in [1.165, 1.54) is 11.3 Å². The van der Waals surface area contributed by atoms with E-state index < -0.39 is 0 Å². The second-order valence-electron chi connectivity index (χ2n) is 2.85. The zero-order valence-corrected chi connectivity index (χ0v) is 9.99. The molecular formula is C10H9Cl2NOS. The Morgan fingerprint density at radius 1 is 1.20 bits per heavy atom. The minimum Gasteiger partial charge on any atom is -0.505 e. The monoisotopic (exact) mass is 261 g/mol. The van der Waals surface area contributed by atoms with Gasteiger partial charge in [0.05, 0.1) is 5.69 Å². The molecule has 0 unspecified atom stereocenters. The number of thiophene rings is 1. The summed E-state index contributed by atoms with van der Waals surface area (Å²) in [5.74, 6) is 0.0906. The van der Waals surface area contributed by atoms with E-state index in [1.807, 2.05) is 11.4 Å². The molecule has 0 saturated carbocycles. The molecule has 0 saturated heterocycles. The van der Waals surface area contributed by atoms with Crippen LogP contribution >= 0.6 is 35.3 Å². The summed E-state index contributed by atoms with van der Waals surface area (Å²) in [5, 5.41) is 11.6. The smallest absolute Gasteiger partial charge is 0.146 e. The number of phenolic OH excluding ortho intramolecular Hbond substituents is 1. The third-order valence-corrected chi connectivity index (χ3v) is 3.15. The first-order valence-corrected chi connectivity index (χ1v) is 5.26. The third-order valence-electron chi connectivity index (χ3n) is 1.98. The maximum atomic E-state index is 9.71. The van der Waals surface area contributed by atoms with Crippen molar-refractivity contribution in [2.45, 2.75) is 0 Å². The van der Waals surface area contributed by atoms with E-state index in [1.54, 1.807) is 18.2 Å². The lowest BCUT2D eigenvalue weighted by molar-refractivity contribution is 0.480. The highest BCUT2D eigenvalue weighted by atomic mass is 35.5. The van der Waals surface area contributed by atoms with Crippen LogP contribution in [0.4, 0.5) is 5.69 Å². The molecule has 1 heterocycles. The Kier molecular flexibility index (Phi) is 3.85. The van der Waals surface area contributed by atoms with Gasteiger partial charge in [-0.15, -0.1) is 23.7 Å². The van der Waals surface area contributed by atoms with Gasteiger partial charge in [-0.1, -0.05) is 23.7 Å². The van der Waals surface area contributed by atoms with Gasteiger partial charge in [-0.2, -0.15) is 0 Å². The van der Waals surface area contributed by atoms with Crippen LogP contribution in [0.15, 0.2) is 29.6 Å². The molecule has 80 valence electrons. The molecule has 0 aliphatic carbocycles. The summed E-state index contributed by atoms with van der Waals surface area (Å²) in [6.45, 7) is 0. The van der Waals surface area contributed by atoms with Crippen molar-refractivity contribution >= 4 is 41.0 Å². The number of anilines is 1. The first-order valence-electron chi connectivity index (χ1n) is 4.01. The van der Waals surface area contributed by atoms with E-state index in [2.05, 4.69) is 0 Å². The number of nitrogen functional groups attached to an aromatic ring is 1. The zero-order chi connectivity index (χ0) is 10.1. The fourth-order valence-corrected chi connectivity index (χ4v) is 2.21. The highest BCUT2D eigenvalue weighted by molar-refractivity contribution is 7.15. The van der Waals surface area contributed by atoms with Crippen molar-refractivity contribution in [2.75, 3.05) is 5.73 Å². The fraction of sp³-hybridized carbons (Fsp3) is 0. The second kappa shape index (κ2) is 4.75. The zero-order valence-electron chi connectivity index (χ0n) is 7.61. The molecule has 1 aromatic heterocycles. The molecule has 0 radical (unpaired) electrons. The molecule has 0 amide bonds. The number of rotatable bonds is 1. The van der Waals surface area contributed by atoms with Crippen molar-refractivity contribution in [1.29, 1.82) is 0 Å². The molecule has 2 aromatic rings. The van der Waals surface area contributed by atoms with Crippen LogP contribution in [0, 0.1) is 0 Å². The minimum atomic E-state index is 0. The largest absolute Gasteiger partial charge is 0.505 e. The van der Waals surface area contributed by atoms with Crippen LogP contribution in [0.5, 0.6) is 5.75 Å². The fourth-order valence-electron chi connectivity index (χ4n) is 1.27. The number of para-hydroxylation sites is 1. The van der Waals surface area contributed by atoms with Gasteiger partial charge >= 0.3 is 0 Å². The van der Waals surface area contributed by atoms with Gasteiger partial charge in [-0.05, 0) is 17.5 Å². The summed E-state index contributed by atoms with van der Waals surface area (Å²) in [6.07, 6.45) is 0. The Balaban J connectivity index is 0.00000112.